The summed E-state index contributed by atoms with van der Waals surface area (Å²) in [5.74, 6) is -2.29. The van der Waals surface area contributed by atoms with Crippen molar-refractivity contribution in [2.45, 2.75) is 0 Å². The van der Waals surface area contributed by atoms with Gasteiger partial charge in [0.2, 0.25) is 5.88 Å². The third-order valence-corrected chi connectivity index (χ3v) is 2.02. The molecule has 0 saturated heterocycles. The van der Waals surface area contributed by atoms with E-state index < -0.39 is 11.6 Å². The average molecular weight is 250 g/mol. The first-order chi connectivity index (χ1) is 8.58. The van der Waals surface area contributed by atoms with Crippen molar-refractivity contribution in [3.05, 3.63) is 47.9 Å². The Hall–Kier alpha value is -2.57. The fourth-order valence-corrected chi connectivity index (χ4v) is 1.24. The zero-order chi connectivity index (χ0) is 13.1. The van der Waals surface area contributed by atoms with Crippen LogP contribution in [0.2, 0.25) is 0 Å². The molecule has 0 unspecified atom stereocenters. The van der Waals surface area contributed by atoms with Gasteiger partial charge in [-0.05, 0) is 12.1 Å². The van der Waals surface area contributed by atoms with Gasteiger partial charge >= 0.3 is 0 Å². The van der Waals surface area contributed by atoms with Crippen LogP contribution in [0.15, 0.2) is 30.6 Å². The summed E-state index contributed by atoms with van der Waals surface area (Å²) in [5.41, 5.74) is 5.23. The smallest absolute Gasteiger partial charge is 0.249 e. The van der Waals surface area contributed by atoms with Gasteiger partial charge < -0.3 is 10.5 Å². The van der Waals surface area contributed by atoms with Gasteiger partial charge in [0, 0.05) is 18.5 Å². The van der Waals surface area contributed by atoms with Crippen LogP contribution in [0.1, 0.15) is 5.69 Å². The van der Waals surface area contributed by atoms with Crippen molar-refractivity contribution in [2.24, 2.45) is 5.73 Å². The fourth-order valence-electron chi connectivity index (χ4n) is 1.24. The zero-order valence-corrected chi connectivity index (χ0v) is 9.02. The highest BCUT2D eigenvalue weighted by Gasteiger charge is 2.13. The third kappa shape index (κ3) is 2.40. The third-order valence-electron chi connectivity index (χ3n) is 2.02. The number of amidine groups is 1. The maximum atomic E-state index is 13.4. The van der Waals surface area contributed by atoms with Crippen LogP contribution < -0.4 is 10.5 Å². The highest BCUT2D eigenvalue weighted by atomic mass is 19.1. The highest BCUT2D eigenvalue weighted by molar-refractivity contribution is 5.95. The fraction of sp³-hybridized carbons (Fsp3) is 0. The number of nitrogens with two attached hydrogens (primary N) is 1. The second kappa shape index (κ2) is 4.74. The molecule has 0 aliphatic carbocycles. The Balaban J connectivity index is 2.40. The molecule has 0 amide bonds. The molecule has 18 heavy (non-hydrogen) atoms. The number of nitrogen functional groups attached to an aromatic ring is 1. The van der Waals surface area contributed by atoms with Crippen LogP contribution in [0.5, 0.6) is 11.6 Å². The number of hydrogen-bond acceptors (Lipinski definition) is 4. The molecular formula is C11H8F2N4O. The van der Waals surface area contributed by atoms with Crippen molar-refractivity contribution >= 4 is 5.84 Å². The van der Waals surface area contributed by atoms with E-state index in [1.54, 1.807) is 0 Å². The van der Waals surface area contributed by atoms with Crippen LogP contribution >= 0.6 is 0 Å². The molecule has 0 bridgehead atoms. The summed E-state index contributed by atoms with van der Waals surface area (Å²) in [6, 6.07) is 2.76. The summed E-state index contributed by atoms with van der Waals surface area (Å²) in [6.07, 6.45) is 2.60. The van der Waals surface area contributed by atoms with Crippen LogP contribution in [0, 0.1) is 17.0 Å². The number of benzene rings is 1. The van der Waals surface area contributed by atoms with E-state index in [9.17, 15) is 8.78 Å². The number of halogens is 2. The van der Waals surface area contributed by atoms with E-state index in [-0.39, 0.29) is 23.2 Å². The maximum absolute atomic E-state index is 13.4. The van der Waals surface area contributed by atoms with Gasteiger partial charge in [0.1, 0.15) is 11.7 Å². The van der Waals surface area contributed by atoms with Crippen molar-refractivity contribution in [2.75, 3.05) is 0 Å². The number of aromatic nitrogens is 2. The molecule has 3 N–H and O–H groups in total. The molecule has 0 atom stereocenters. The van der Waals surface area contributed by atoms with Crippen LogP contribution in [-0.2, 0) is 0 Å². The van der Waals surface area contributed by atoms with E-state index in [2.05, 4.69) is 9.97 Å². The van der Waals surface area contributed by atoms with Gasteiger partial charge in [0.15, 0.2) is 17.3 Å². The molecule has 92 valence electrons. The minimum Gasteiger partial charge on any atom is -0.434 e. The minimum absolute atomic E-state index is 0.0406. The molecule has 1 aromatic carbocycles. The largest absolute Gasteiger partial charge is 0.434 e. The van der Waals surface area contributed by atoms with Gasteiger partial charge in [-0.2, -0.15) is 0 Å². The van der Waals surface area contributed by atoms with Crippen molar-refractivity contribution in [3.63, 3.8) is 0 Å². The van der Waals surface area contributed by atoms with Crippen molar-refractivity contribution < 1.29 is 13.5 Å². The molecule has 5 nitrogen and oxygen atoms in total. The molecule has 2 rings (SSSR count). The average Bonchev–Trinajstić information content (AvgIpc) is 2.34. The first-order valence-corrected chi connectivity index (χ1v) is 4.86. The molecule has 0 radical (unpaired) electrons. The maximum Gasteiger partial charge on any atom is 0.249 e. The first-order valence-electron chi connectivity index (χ1n) is 4.86. The first kappa shape index (κ1) is 11.9. The predicted molar refractivity (Wildman–Crippen MR) is 59.5 cm³/mol. The lowest BCUT2D eigenvalue weighted by Gasteiger charge is -2.08. The van der Waals surface area contributed by atoms with E-state index in [0.29, 0.717) is 0 Å². The van der Waals surface area contributed by atoms with Gasteiger partial charge in [-0.1, -0.05) is 0 Å². The molecule has 0 fully saturated rings. The Kier molecular flexibility index (Phi) is 3.13. The van der Waals surface area contributed by atoms with Crippen LogP contribution in [0.3, 0.4) is 0 Å². The molecule has 0 spiro atoms. The molecule has 1 aromatic heterocycles. The van der Waals surface area contributed by atoms with E-state index in [4.69, 9.17) is 15.9 Å². The number of hydrogen-bond donors (Lipinski definition) is 2. The molecule has 0 saturated carbocycles. The van der Waals surface area contributed by atoms with Crippen molar-refractivity contribution in [1.82, 2.24) is 9.97 Å². The summed E-state index contributed by atoms with van der Waals surface area (Å²) >= 11 is 0. The van der Waals surface area contributed by atoms with E-state index in [0.717, 1.165) is 18.2 Å². The SMILES string of the molecule is N=C(N)c1nccnc1Oc1cc(F)ccc1F. The summed E-state index contributed by atoms with van der Waals surface area (Å²) < 4.78 is 31.4. The Morgan fingerprint density at radius 3 is 2.67 bits per heavy atom. The predicted octanol–water partition coefficient (Wildman–Crippen LogP) is 1.83. The topological polar surface area (TPSA) is 84.9 Å². The minimum atomic E-state index is -0.753. The second-order valence-electron chi connectivity index (χ2n) is 3.30. The molecule has 2 aromatic rings. The monoisotopic (exact) mass is 250 g/mol. The lowest BCUT2D eigenvalue weighted by atomic mass is 10.3. The van der Waals surface area contributed by atoms with Gasteiger partial charge in [0.05, 0.1) is 0 Å². The second-order valence-corrected chi connectivity index (χ2v) is 3.30. The number of rotatable bonds is 3. The highest BCUT2D eigenvalue weighted by Crippen LogP contribution is 2.25. The van der Waals surface area contributed by atoms with Gasteiger partial charge in [0.25, 0.3) is 0 Å². The van der Waals surface area contributed by atoms with Crippen LogP contribution in [0.25, 0.3) is 0 Å². The van der Waals surface area contributed by atoms with E-state index in [1.165, 1.54) is 12.4 Å². The normalized spacial score (nSPS) is 10.1. The quantitative estimate of drug-likeness (QED) is 0.642. The van der Waals surface area contributed by atoms with E-state index >= 15 is 0 Å². The van der Waals surface area contributed by atoms with Crippen molar-refractivity contribution in [3.8, 4) is 11.6 Å². The van der Waals surface area contributed by atoms with Gasteiger partial charge in [-0.25, -0.2) is 18.7 Å². The Labute approximate surface area is 101 Å². The Morgan fingerprint density at radius 2 is 1.94 bits per heavy atom. The zero-order valence-electron chi connectivity index (χ0n) is 9.02. The Bertz CT molecular complexity index is 603. The van der Waals surface area contributed by atoms with Crippen LogP contribution in [0.4, 0.5) is 8.78 Å². The lowest BCUT2D eigenvalue weighted by molar-refractivity contribution is 0.419. The van der Waals surface area contributed by atoms with E-state index in [1.807, 2.05) is 0 Å². The molecule has 7 heteroatoms. The molecular weight excluding hydrogens is 242 g/mol. The van der Waals surface area contributed by atoms with Gasteiger partial charge in [-0.15, -0.1) is 0 Å². The lowest BCUT2D eigenvalue weighted by Crippen LogP contribution is -2.15. The number of nitrogens with one attached hydrogen (secondary N) is 1. The summed E-state index contributed by atoms with van der Waals surface area (Å²) in [6.45, 7) is 0. The summed E-state index contributed by atoms with van der Waals surface area (Å²) in [7, 11) is 0. The number of ether oxygens (including phenoxy) is 1. The molecule has 0 aliphatic rings. The Morgan fingerprint density at radius 1 is 1.22 bits per heavy atom. The molecule has 1 heterocycles. The number of nitrogens with zero attached hydrogens (tertiary/aromatic N) is 2. The van der Waals surface area contributed by atoms with Crippen LogP contribution in [-0.4, -0.2) is 15.8 Å². The molecule has 0 aliphatic heterocycles. The van der Waals surface area contributed by atoms with Gasteiger partial charge in [-0.3, -0.25) is 5.41 Å². The standard InChI is InChI=1S/C11H8F2N4O/c12-6-1-2-7(13)8(5-6)18-11-9(10(14)15)16-3-4-17-11/h1-5H,(H3,14,15). The summed E-state index contributed by atoms with van der Waals surface area (Å²) in [5, 5.41) is 7.27. The van der Waals surface area contributed by atoms with Crippen molar-refractivity contribution in [1.29, 1.82) is 5.41 Å². The summed E-state index contributed by atoms with van der Waals surface area (Å²) in [4.78, 5) is 7.54.